The van der Waals surface area contributed by atoms with Crippen LogP contribution in [0.5, 0.6) is 11.5 Å². The van der Waals surface area contributed by atoms with E-state index in [1.807, 2.05) is 13.0 Å². The number of hydrogen-bond acceptors (Lipinski definition) is 5. The highest BCUT2D eigenvalue weighted by Crippen LogP contribution is 2.28. The zero-order valence-corrected chi connectivity index (χ0v) is 19.9. The van der Waals surface area contributed by atoms with Crippen LogP contribution in [0.4, 0.5) is 0 Å². The quantitative estimate of drug-likeness (QED) is 0.283. The van der Waals surface area contributed by atoms with Gasteiger partial charge in [0.15, 0.2) is 17.5 Å². The average Bonchev–Trinajstić information content (AvgIpc) is 2.78. The highest BCUT2D eigenvalue weighted by Gasteiger charge is 2.19. The predicted molar refractivity (Wildman–Crippen MR) is 128 cm³/mol. The molecule has 31 heavy (non-hydrogen) atoms. The van der Waals surface area contributed by atoms with E-state index in [1.165, 1.54) is 5.56 Å². The number of aryl methyl sites for hydroxylation is 1. The molecule has 1 heterocycles. The molecule has 1 aromatic rings. The molecule has 0 amide bonds. The Morgan fingerprint density at radius 1 is 1.13 bits per heavy atom. The number of guanidine groups is 1. The zero-order chi connectivity index (χ0) is 22.3. The first-order chi connectivity index (χ1) is 15.2. The maximum absolute atomic E-state index is 5.68. The fourth-order valence-corrected chi connectivity index (χ4v) is 3.87. The van der Waals surface area contributed by atoms with Gasteiger partial charge >= 0.3 is 0 Å². The first-order valence-corrected chi connectivity index (χ1v) is 11.8. The Labute approximate surface area is 188 Å². The van der Waals surface area contributed by atoms with Crippen LogP contribution in [0.2, 0.25) is 0 Å². The topological polar surface area (TPSA) is 67.4 Å². The summed E-state index contributed by atoms with van der Waals surface area (Å²) >= 11 is 0. The van der Waals surface area contributed by atoms with Crippen LogP contribution in [0.25, 0.3) is 0 Å². The van der Waals surface area contributed by atoms with Crippen LogP contribution in [-0.2, 0) is 11.2 Å². The SMILES string of the molecule is CCNC(=NCCCc1ccc(OC)c(OCC)c1)NC1CCN(CCCOC)CC1. The standard InChI is InChI=1S/C24H42N4O3/c1-5-25-24(27-21-12-16-28(17-13-21)15-8-18-29-3)26-14-7-9-20-10-11-22(30-4)23(19-20)31-6-2/h10-11,19,21H,5-9,12-18H2,1-4H3,(H2,25,26,27). The predicted octanol–water partition coefficient (Wildman–Crippen LogP) is 3.08. The van der Waals surface area contributed by atoms with Gasteiger partial charge < -0.3 is 29.7 Å². The molecular weight excluding hydrogens is 392 g/mol. The lowest BCUT2D eigenvalue weighted by Crippen LogP contribution is -2.48. The van der Waals surface area contributed by atoms with Crippen LogP contribution in [0, 0.1) is 0 Å². The van der Waals surface area contributed by atoms with Crippen molar-refractivity contribution in [3.63, 3.8) is 0 Å². The van der Waals surface area contributed by atoms with Gasteiger partial charge in [0.05, 0.1) is 13.7 Å². The van der Waals surface area contributed by atoms with Gasteiger partial charge in [-0.05, 0) is 63.6 Å². The molecule has 0 aromatic heterocycles. The average molecular weight is 435 g/mol. The van der Waals surface area contributed by atoms with Crippen LogP contribution in [0.15, 0.2) is 23.2 Å². The van der Waals surface area contributed by atoms with E-state index in [0.29, 0.717) is 12.6 Å². The van der Waals surface area contributed by atoms with E-state index < -0.39 is 0 Å². The molecule has 0 atom stereocenters. The number of aliphatic imine (C=N–C) groups is 1. The van der Waals surface area contributed by atoms with E-state index >= 15 is 0 Å². The highest BCUT2D eigenvalue weighted by molar-refractivity contribution is 5.80. The highest BCUT2D eigenvalue weighted by atomic mass is 16.5. The molecule has 2 N–H and O–H groups in total. The molecule has 1 aromatic carbocycles. The third-order valence-corrected chi connectivity index (χ3v) is 5.52. The van der Waals surface area contributed by atoms with Crippen molar-refractivity contribution >= 4 is 5.96 Å². The van der Waals surface area contributed by atoms with Crippen LogP contribution in [0.1, 0.15) is 45.1 Å². The number of rotatable bonds is 13. The molecule has 0 spiro atoms. The summed E-state index contributed by atoms with van der Waals surface area (Å²) in [4.78, 5) is 7.34. The number of benzene rings is 1. The first kappa shape index (κ1) is 25.3. The van der Waals surface area contributed by atoms with Crippen molar-refractivity contribution in [3.8, 4) is 11.5 Å². The molecule has 7 nitrogen and oxygen atoms in total. The summed E-state index contributed by atoms with van der Waals surface area (Å²) < 4.78 is 16.2. The van der Waals surface area contributed by atoms with Crippen LogP contribution in [0.3, 0.4) is 0 Å². The second-order valence-corrected chi connectivity index (χ2v) is 7.89. The van der Waals surface area contributed by atoms with Crippen LogP contribution < -0.4 is 20.1 Å². The number of nitrogens with zero attached hydrogens (tertiary/aromatic N) is 2. The van der Waals surface area contributed by atoms with Crippen LogP contribution >= 0.6 is 0 Å². The van der Waals surface area contributed by atoms with Crippen molar-refractivity contribution in [2.24, 2.45) is 4.99 Å². The molecule has 1 aliphatic heterocycles. The fourth-order valence-electron chi connectivity index (χ4n) is 3.87. The Hall–Kier alpha value is -1.99. The smallest absolute Gasteiger partial charge is 0.191 e. The number of nitrogens with one attached hydrogen (secondary N) is 2. The Morgan fingerprint density at radius 3 is 2.61 bits per heavy atom. The van der Waals surface area contributed by atoms with E-state index in [2.05, 4.69) is 34.6 Å². The Bertz CT molecular complexity index is 646. The number of likely N-dealkylation sites (tertiary alicyclic amines) is 1. The monoisotopic (exact) mass is 434 g/mol. The van der Waals surface area contributed by atoms with Gasteiger partial charge in [0.1, 0.15) is 0 Å². The Kier molecular flexibility index (Phi) is 12.2. The Morgan fingerprint density at radius 2 is 1.94 bits per heavy atom. The normalized spacial score (nSPS) is 15.7. The molecular formula is C24H42N4O3. The summed E-state index contributed by atoms with van der Waals surface area (Å²) in [5, 5.41) is 7.03. The van der Waals surface area contributed by atoms with Gasteiger partial charge in [-0.15, -0.1) is 0 Å². The molecule has 0 saturated carbocycles. The second-order valence-electron chi connectivity index (χ2n) is 7.89. The van der Waals surface area contributed by atoms with Crippen molar-refractivity contribution in [1.29, 1.82) is 0 Å². The molecule has 1 aliphatic rings. The third kappa shape index (κ3) is 9.35. The van der Waals surface area contributed by atoms with Crippen molar-refractivity contribution in [1.82, 2.24) is 15.5 Å². The number of piperidine rings is 1. The van der Waals surface area contributed by atoms with Gasteiger partial charge in [-0.2, -0.15) is 0 Å². The zero-order valence-electron chi connectivity index (χ0n) is 19.9. The molecule has 1 saturated heterocycles. The van der Waals surface area contributed by atoms with E-state index in [0.717, 1.165) is 88.9 Å². The van der Waals surface area contributed by atoms with Crippen molar-refractivity contribution < 1.29 is 14.2 Å². The van der Waals surface area contributed by atoms with Gasteiger partial charge in [-0.1, -0.05) is 6.07 Å². The number of methoxy groups -OCH3 is 2. The minimum absolute atomic E-state index is 0.492. The summed E-state index contributed by atoms with van der Waals surface area (Å²) in [6, 6.07) is 6.66. The molecule has 0 radical (unpaired) electrons. The van der Waals surface area contributed by atoms with E-state index in [-0.39, 0.29) is 0 Å². The number of hydrogen-bond donors (Lipinski definition) is 2. The minimum Gasteiger partial charge on any atom is -0.493 e. The number of ether oxygens (including phenoxy) is 3. The Balaban J connectivity index is 1.77. The maximum Gasteiger partial charge on any atom is 0.191 e. The largest absolute Gasteiger partial charge is 0.493 e. The molecule has 0 aliphatic carbocycles. The molecule has 2 rings (SSSR count). The third-order valence-electron chi connectivity index (χ3n) is 5.52. The van der Waals surface area contributed by atoms with E-state index in [9.17, 15) is 0 Å². The molecule has 176 valence electrons. The summed E-state index contributed by atoms with van der Waals surface area (Å²) in [6.45, 7) is 10.7. The van der Waals surface area contributed by atoms with E-state index in [4.69, 9.17) is 19.2 Å². The lowest BCUT2D eigenvalue weighted by atomic mass is 10.1. The summed E-state index contributed by atoms with van der Waals surface area (Å²) in [5.41, 5.74) is 1.25. The van der Waals surface area contributed by atoms with Gasteiger partial charge in [0.2, 0.25) is 0 Å². The van der Waals surface area contributed by atoms with Crippen molar-refractivity contribution in [2.75, 3.05) is 60.2 Å². The van der Waals surface area contributed by atoms with Crippen molar-refractivity contribution in [2.45, 2.75) is 52.0 Å². The summed E-state index contributed by atoms with van der Waals surface area (Å²) in [7, 11) is 3.44. The molecule has 1 fully saturated rings. The maximum atomic E-state index is 5.68. The fraction of sp³-hybridized carbons (Fsp3) is 0.708. The van der Waals surface area contributed by atoms with Crippen molar-refractivity contribution in [3.05, 3.63) is 23.8 Å². The summed E-state index contributed by atoms with van der Waals surface area (Å²) in [6.07, 6.45) is 5.38. The van der Waals surface area contributed by atoms with Gasteiger partial charge in [0.25, 0.3) is 0 Å². The minimum atomic E-state index is 0.492. The molecule has 0 unspecified atom stereocenters. The first-order valence-electron chi connectivity index (χ1n) is 11.8. The van der Waals surface area contributed by atoms with E-state index in [1.54, 1.807) is 14.2 Å². The van der Waals surface area contributed by atoms with Gasteiger partial charge in [-0.3, -0.25) is 4.99 Å². The van der Waals surface area contributed by atoms with Crippen LogP contribution in [-0.4, -0.2) is 77.1 Å². The van der Waals surface area contributed by atoms with Gasteiger partial charge in [0, 0.05) is 52.5 Å². The second kappa shape index (κ2) is 14.9. The molecule has 7 heteroatoms. The lowest BCUT2D eigenvalue weighted by Gasteiger charge is -2.33. The summed E-state index contributed by atoms with van der Waals surface area (Å²) in [5.74, 6) is 2.53. The van der Waals surface area contributed by atoms with Gasteiger partial charge in [-0.25, -0.2) is 0 Å². The lowest BCUT2D eigenvalue weighted by molar-refractivity contribution is 0.155. The molecule has 0 bridgehead atoms.